The van der Waals surface area contributed by atoms with Crippen molar-refractivity contribution in [3.63, 3.8) is 0 Å². The molecule has 174 valence electrons. The topological polar surface area (TPSA) is 81.9 Å². The zero-order valence-corrected chi connectivity index (χ0v) is 18.1. The third kappa shape index (κ3) is 5.40. The molecule has 0 saturated carbocycles. The van der Waals surface area contributed by atoms with E-state index in [9.17, 15) is 18.0 Å². The summed E-state index contributed by atoms with van der Waals surface area (Å²) in [6, 6.07) is 15.0. The molecule has 0 unspecified atom stereocenters. The van der Waals surface area contributed by atoms with Crippen LogP contribution in [0.2, 0.25) is 0 Å². The van der Waals surface area contributed by atoms with Gasteiger partial charge in [-0.1, -0.05) is 18.2 Å². The summed E-state index contributed by atoms with van der Waals surface area (Å²) >= 11 is 0. The molecule has 10 heteroatoms. The second-order valence-electron chi connectivity index (χ2n) is 7.39. The second kappa shape index (κ2) is 9.74. The maximum atomic E-state index is 12.7. The van der Waals surface area contributed by atoms with E-state index in [2.05, 4.69) is 20.4 Å². The smallest absolute Gasteiger partial charge is 0.417 e. The first-order chi connectivity index (χ1) is 16.3. The third-order valence-electron chi connectivity index (χ3n) is 5.04. The number of nitrogens with one attached hydrogen (secondary N) is 1. The standard InChI is InChI=1S/C24H20F3N5O2/c1-16-21(14-31-32(16)22-10-7-18(13-29-22)24(25,26)27)23(33)30-12-17-5-8-20(9-6-17)34-15-19-4-2-3-11-28-19/h2-11,13-14H,12,15H2,1H3,(H,30,33). The highest BCUT2D eigenvalue weighted by molar-refractivity contribution is 5.95. The summed E-state index contributed by atoms with van der Waals surface area (Å²) in [6.07, 6.45) is -0.673. The Morgan fingerprint density at radius 2 is 1.82 bits per heavy atom. The minimum Gasteiger partial charge on any atom is -0.487 e. The van der Waals surface area contributed by atoms with Crippen molar-refractivity contribution in [2.75, 3.05) is 0 Å². The number of hydrogen-bond donors (Lipinski definition) is 1. The lowest BCUT2D eigenvalue weighted by molar-refractivity contribution is -0.137. The van der Waals surface area contributed by atoms with Gasteiger partial charge in [0.15, 0.2) is 5.82 Å². The van der Waals surface area contributed by atoms with Gasteiger partial charge in [-0.05, 0) is 48.9 Å². The highest BCUT2D eigenvalue weighted by Gasteiger charge is 2.30. The number of amides is 1. The normalized spacial score (nSPS) is 11.3. The van der Waals surface area contributed by atoms with E-state index in [1.807, 2.05) is 42.5 Å². The molecule has 0 radical (unpaired) electrons. The number of rotatable bonds is 7. The lowest BCUT2D eigenvalue weighted by Crippen LogP contribution is -2.23. The van der Waals surface area contributed by atoms with Gasteiger partial charge >= 0.3 is 6.18 Å². The first kappa shape index (κ1) is 23.0. The zero-order chi connectivity index (χ0) is 24.1. The van der Waals surface area contributed by atoms with Crippen molar-refractivity contribution >= 4 is 5.91 Å². The van der Waals surface area contributed by atoms with Crippen LogP contribution in [0.15, 0.2) is 73.2 Å². The number of alkyl halides is 3. The molecule has 7 nitrogen and oxygen atoms in total. The lowest BCUT2D eigenvalue weighted by atomic mass is 10.2. The van der Waals surface area contributed by atoms with Gasteiger partial charge in [-0.25, -0.2) is 9.67 Å². The number of benzene rings is 1. The van der Waals surface area contributed by atoms with Gasteiger partial charge < -0.3 is 10.1 Å². The summed E-state index contributed by atoms with van der Waals surface area (Å²) in [5.74, 6) is 0.513. The van der Waals surface area contributed by atoms with Gasteiger partial charge in [0.2, 0.25) is 0 Å². The van der Waals surface area contributed by atoms with Crippen molar-refractivity contribution in [3.8, 4) is 11.6 Å². The first-order valence-electron chi connectivity index (χ1n) is 10.3. The van der Waals surface area contributed by atoms with Gasteiger partial charge in [-0.2, -0.15) is 18.3 Å². The zero-order valence-electron chi connectivity index (χ0n) is 18.1. The first-order valence-corrected chi connectivity index (χ1v) is 10.3. The van der Waals surface area contributed by atoms with Crippen LogP contribution in [0.1, 0.15) is 32.9 Å². The Kier molecular flexibility index (Phi) is 6.58. The fourth-order valence-electron chi connectivity index (χ4n) is 3.16. The summed E-state index contributed by atoms with van der Waals surface area (Å²) in [5.41, 5.74) is 1.60. The number of hydrogen-bond acceptors (Lipinski definition) is 5. The number of ether oxygens (including phenoxy) is 1. The van der Waals surface area contributed by atoms with Crippen LogP contribution in [0, 0.1) is 6.92 Å². The van der Waals surface area contributed by atoms with Gasteiger partial charge in [0.25, 0.3) is 5.91 Å². The minimum absolute atomic E-state index is 0.186. The largest absolute Gasteiger partial charge is 0.487 e. The number of nitrogens with zero attached hydrogens (tertiary/aromatic N) is 4. The Bertz CT molecular complexity index is 1250. The quantitative estimate of drug-likeness (QED) is 0.433. The van der Waals surface area contributed by atoms with Crippen molar-refractivity contribution in [2.24, 2.45) is 0 Å². The lowest BCUT2D eigenvalue weighted by Gasteiger charge is -2.09. The molecule has 0 saturated heterocycles. The predicted molar refractivity (Wildman–Crippen MR) is 117 cm³/mol. The van der Waals surface area contributed by atoms with Crippen molar-refractivity contribution in [1.82, 2.24) is 25.1 Å². The number of carbonyl (C=O) groups excluding carboxylic acids is 1. The van der Waals surface area contributed by atoms with Crippen molar-refractivity contribution in [2.45, 2.75) is 26.3 Å². The molecule has 3 heterocycles. The van der Waals surface area contributed by atoms with E-state index in [0.717, 1.165) is 23.5 Å². The van der Waals surface area contributed by atoms with Crippen LogP contribution >= 0.6 is 0 Å². The molecule has 4 aromatic rings. The van der Waals surface area contributed by atoms with E-state index in [4.69, 9.17) is 4.74 Å². The molecular formula is C24H20F3N5O2. The third-order valence-corrected chi connectivity index (χ3v) is 5.04. The molecule has 0 aliphatic carbocycles. The van der Waals surface area contributed by atoms with Crippen LogP contribution in [0.3, 0.4) is 0 Å². The molecule has 3 aromatic heterocycles. The Balaban J connectivity index is 1.35. The number of aromatic nitrogens is 4. The Morgan fingerprint density at radius 1 is 1.03 bits per heavy atom. The second-order valence-corrected chi connectivity index (χ2v) is 7.39. The summed E-state index contributed by atoms with van der Waals surface area (Å²) < 4.78 is 45.2. The van der Waals surface area contributed by atoms with Crippen molar-refractivity contribution in [3.05, 3.63) is 101 Å². The van der Waals surface area contributed by atoms with Gasteiger partial charge in [-0.15, -0.1) is 0 Å². The van der Waals surface area contributed by atoms with Crippen molar-refractivity contribution < 1.29 is 22.7 Å². The monoisotopic (exact) mass is 467 g/mol. The molecule has 0 spiro atoms. The minimum atomic E-state index is -4.47. The van der Waals surface area contributed by atoms with Crippen molar-refractivity contribution in [1.29, 1.82) is 0 Å². The van der Waals surface area contributed by atoms with E-state index in [0.29, 0.717) is 23.6 Å². The Morgan fingerprint density at radius 3 is 2.47 bits per heavy atom. The van der Waals surface area contributed by atoms with E-state index in [1.165, 1.54) is 16.9 Å². The molecule has 4 rings (SSSR count). The molecule has 1 N–H and O–H groups in total. The molecule has 0 bridgehead atoms. The summed E-state index contributed by atoms with van der Waals surface area (Å²) in [6.45, 7) is 2.28. The predicted octanol–water partition coefficient (Wildman–Crippen LogP) is 4.50. The van der Waals surface area contributed by atoms with E-state index < -0.39 is 11.7 Å². The highest BCUT2D eigenvalue weighted by Crippen LogP contribution is 2.28. The van der Waals surface area contributed by atoms with Crippen LogP contribution in [-0.2, 0) is 19.3 Å². The fourth-order valence-corrected chi connectivity index (χ4v) is 3.16. The summed E-state index contributed by atoms with van der Waals surface area (Å²) in [7, 11) is 0. The number of halogens is 3. The maximum absolute atomic E-state index is 12.7. The van der Waals surface area contributed by atoms with Crippen LogP contribution in [0.4, 0.5) is 13.2 Å². The van der Waals surface area contributed by atoms with E-state index in [-0.39, 0.29) is 18.3 Å². The number of carbonyl (C=O) groups is 1. The van der Waals surface area contributed by atoms with Crippen LogP contribution < -0.4 is 10.1 Å². The van der Waals surface area contributed by atoms with Crippen LogP contribution in [0.5, 0.6) is 5.75 Å². The van der Waals surface area contributed by atoms with E-state index >= 15 is 0 Å². The molecular weight excluding hydrogens is 447 g/mol. The maximum Gasteiger partial charge on any atom is 0.417 e. The Labute approximate surface area is 193 Å². The average molecular weight is 467 g/mol. The molecule has 34 heavy (non-hydrogen) atoms. The van der Waals surface area contributed by atoms with Gasteiger partial charge in [0.1, 0.15) is 12.4 Å². The molecule has 1 aromatic carbocycles. The van der Waals surface area contributed by atoms with Gasteiger partial charge in [-0.3, -0.25) is 9.78 Å². The van der Waals surface area contributed by atoms with Crippen LogP contribution in [0.25, 0.3) is 5.82 Å². The fraction of sp³-hybridized carbons (Fsp3) is 0.167. The Hall–Kier alpha value is -4.21. The highest BCUT2D eigenvalue weighted by atomic mass is 19.4. The van der Waals surface area contributed by atoms with E-state index in [1.54, 1.807) is 13.1 Å². The van der Waals surface area contributed by atoms with Crippen LogP contribution in [-0.4, -0.2) is 25.7 Å². The average Bonchev–Trinajstić information content (AvgIpc) is 3.23. The SMILES string of the molecule is Cc1c(C(=O)NCc2ccc(OCc3ccccn3)cc2)cnn1-c1ccc(C(F)(F)F)cn1. The summed E-state index contributed by atoms with van der Waals surface area (Å²) in [4.78, 5) is 20.7. The summed E-state index contributed by atoms with van der Waals surface area (Å²) in [5, 5.41) is 6.92. The molecule has 0 atom stereocenters. The molecule has 0 fully saturated rings. The molecule has 0 aliphatic heterocycles. The van der Waals surface area contributed by atoms with Gasteiger partial charge in [0, 0.05) is 18.9 Å². The molecule has 1 amide bonds. The van der Waals surface area contributed by atoms with Gasteiger partial charge in [0.05, 0.1) is 28.7 Å². The molecule has 0 aliphatic rings. The number of pyridine rings is 2.